The summed E-state index contributed by atoms with van der Waals surface area (Å²) in [5.74, 6) is 1.25. The van der Waals surface area contributed by atoms with E-state index in [2.05, 4.69) is 27.6 Å². The number of rotatable bonds is 6. The first-order valence-electron chi connectivity index (χ1n) is 8.68. The summed E-state index contributed by atoms with van der Waals surface area (Å²) in [4.78, 5) is 18.3. The fraction of sp³-hybridized carbons (Fsp3) is 0.500. The molecule has 2 heterocycles. The monoisotopic (exact) mass is 344 g/mol. The van der Waals surface area contributed by atoms with Crippen molar-refractivity contribution < 1.29 is 14.1 Å². The lowest BCUT2D eigenvalue weighted by Crippen LogP contribution is -2.50. The number of benzene rings is 1. The third kappa shape index (κ3) is 5.29. The maximum absolute atomic E-state index is 12.3. The summed E-state index contributed by atoms with van der Waals surface area (Å²) in [5.41, 5.74) is 1.23. The number of aromatic nitrogens is 2. The van der Waals surface area contributed by atoms with E-state index in [1.807, 2.05) is 23.1 Å². The predicted molar refractivity (Wildman–Crippen MR) is 92.2 cm³/mol. The number of ether oxygens (including phenoxy) is 1. The molecule has 134 valence electrons. The summed E-state index contributed by atoms with van der Waals surface area (Å²) in [6, 6.07) is 10.2. The number of carbonyl (C=O) groups excluding carboxylic acids is 1. The minimum atomic E-state index is -0.0388. The van der Waals surface area contributed by atoms with Crippen molar-refractivity contribution in [3.05, 3.63) is 47.6 Å². The molecule has 1 aliphatic rings. The molecule has 7 heteroatoms. The molecule has 0 saturated carbocycles. The van der Waals surface area contributed by atoms with Gasteiger partial charge in [0.15, 0.2) is 5.82 Å². The van der Waals surface area contributed by atoms with Crippen LogP contribution in [0.4, 0.5) is 4.79 Å². The molecule has 2 amide bonds. The molecular formula is C18H24N4O3. The Kier molecular flexibility index (Phi) is 6.00. The van der Waals surface area contributed by atoms with Crippen molar-refractivity contribution >= 4 is 6.03 Å². The van der Waals surface area contributed by atoms with Gasteiger partial charge >= 0.3 is 6.03 Å². The Morgan fingerprint density at radius 2 is 2.20 bits per heavy atom. The molecule has 1 N–H and O–H groups in total. The highest BCUT2D eigenvalue weighted by atomic mass is 16.5. The van der Waals surface area contributed by atoms with E-state index in [0.717, 1.165) is 12.8 Å². The standard InChI is InChI=1S/C18H24N4O3/c1-14-20-17(25-21-14)8-5-9-19-18(23)22-10-11-24-16(13-22)12-15-6-3-2-4-7-15/h2-4,6-7,16H,5,8-13H2,1H3,(H,19,23)/t16-/m1/s1. The minimum Gasteiger partial charge on any atom is -0.374 e. The molecule has 0 spiro atoms. The lowest BCUT2D eigenvalue weighted by atomic mass is 10.1. The average molecular weight is 344 g/mol. The molecule has 1 saturated heterocycles. The molecule has 0 unspecified atom stereocenters. The second kappa shape index (κ2) is 8.62. The molecule has 1 aromatic carbocycles. The van der Waals surface area contributed by atoms with E-state index in [-0.39, 0.29) is 12.1 Å². The van der Waals surface area contributed by atoms with Crippen LogP contribution in [0.25, 0.3) is 0 Å². The molecule has 1 atom stereocenters. The van der Waals surface area contributed by atoms with Crippen LogP contribution in [0.2, 0.25) is 0 Å². The number of nitrogens with one attached hydrogen (secondary N) is 1. The topological polar surface area (TPSA) is 80.5 Å². The Hall–Kier alpha value is -2.41. The van der Waals surface area contributed by atoms with Crippen molar-refractivity contribution in [1.29, 1.82) is 0 Å². The molecular weight excluding hydrogens is 320 g/mol. The van der Waals surface area contributed by atoms with Crippen LogP contribution >= 0.6 is 0 Å². The lowest BCUT2D eigenvalue weighted by molar-refractivity contribution is -0.0132. The smallest absolute Gasteiger partial charge is 0.317 e. The highest BCUT2D eigenvalue weighted by Gasteiger charge is 2.24. The Bertz CT molecular complexity index is 674. The Balaban J connectivity index is 1.39. The zero-order chi connectivity index (χ0) is 17.5. The second-order valence-electron chi connectivity index (χ2n) is 6.20. The first kappa shape index (κ1) is 17.4. The molecule has 2 aromatic rings. The zero-order valence-electron chi connectivity index (χ0n) is 14.5. The molecule has 1 aromatic heterocycles. The molecule has 0 bridgehead atoms. The maximum Gasteiger partial charge on any atom is 0.317 e. The van der Waals surface area contributed by atoms with E-state index in [0.29, 0.717) is 44.4 Å². The summed E-state index contributed by atoms with van der Waals surface area (Å²) >= 11 is 0. The third-order valence-corrected chi connectivity index (χ3v) is 4.15. The van der Waals surface area contributed by atoms with Crippen LogP contribution < -0.4 is 5.32 Å². The Labute approximate surface area is 147 Å². The SMILES string of the molecule is Cc1noc(CCCNC(=O)N2CCO[C@H](Cc3ccccc3)C2)n1. The van der Waals surface area contributed by atoms with Gasteiger partial charge in [-0.3, -0.25) is 0 Å². The van der Waals surface area contributed by atoms with Gasteiger partial charge in [-0.2, -0.15) is 4.98 Å². The van der Waals surface area contributed by atoms with Gasteiger partial charge in [-0.25, -0.2) is 4.79 Å². The van der Waals surface area contributed by atoms with Crippen LogP contribution in [0.15, 0.2) is 34.9 Å². The Morgan fingerprint density at radius 1 is 1.36 bits per heavy atom. The van der Waals surface area contributed by atoms with Gasteiger partial charge in [-0.05, 0) is 18.9 Å². The fourth-order valence-corrected chi connectivity index (χ4v) is 2.89. The number of aryl methyl sites for hydroxylation is 2. The first-order chi connectivity index (χ1) is 12.2. The van der Waals surface area contributed by atoms with Crippen LogP contribution in [0, 0.1) is 6.92 Å². The number of carbonyl (C=O) groups is 1. The molecule has 0 aliphatic carbocycles. The highest BCUT2D eigenvalue weighted by Crippen LogP contribution is 2.12. The number of hydrogen-bond acceptors (Lipinski definition) is 5. The molecule has 3 rings (SSSR count). The van der Waals surface area contributed by atoms with Crippen LogP contribution in [0.3, 0.4) is 0 Å². The lowest BCUT2D eigenvalue weighted by Gasteiger charge is -2.33. The molecule has 7 nitrogen and oxygen atoms in total. The minimum absolute atomic E-state index is 0.0388. The quantitative estimate of drug-likeness (QED) is 0.810. The number of hydrogen-bond donors (Lipinski definition) is 1. The van der Waals surface area contributed by atoms with Crippen LogP contribution in [0.5, 0.6) is 0 Å². The van der Waals surface area contributed by atoms with E-state index >= 15 is 0 Å². The van der Waals surface area contributed by atoms with Crippen LogP contribution in [-0.4, -0.2) is 53.4 Å². The fourth-order valence-electron chi connectivity index (χ4n) is 2.89. The van der Waals surface area contributed by atoms with E-state index < -0.39 is 0 Å². The van der Waals surface area contributed by atoms with Crippen molar-refractivity contribution in [3.8, 4) is 0 Å². The van der Waals surface area contributed by atoms with Gasteiger partial charge in [-0.15, -0.1) is 0 Å². The van der Waals surface area contributed by atoms with Gasteiger partial charge in [0, 0.05) is 32.5 Å². The molecule has 25 heavy (non-hydrogen) atoms. The van der Waals surface area contributed by atoms with Gasteiger partial charge in [-0.1, -0.05) is 35.5 Å². The predicted octanol–water partition coefficient (Wildman–Crippen LogP) is 1.96. The summed E-state index contributed by atoms with van der Waals surface area (Å²) in [5, 5.41) is 6.71. The number of amides is 2. The van der Waals surface area contributed by atoms with Crippen molar-refractivity contribution in [2.24, 2.45) is 0 Å². The van der Waals surface area contributed by atoms with Gasteiger partial charge in [0.25, 0.3) is 0 Å². The number of morpholine rings is 1. The van der Waals surface area contributed by atoms with Gasteiger partial charge < -0.3 is 19.5 Å². The van der Waals surface area contributed by atoms with Gasteiger partial charge in [0.2, 0.25) is 5.89 Å². The van der Waals surface area contributed by atoms with Gasteiger partial charge in [0.05, 0.1) is 12.7 Å². The summed E-state index contributed by atoms with van der Waals surface area (Å²) < 4.78 is 10.9. The zero-order valence-corrected chi connectivity index (χ0v) is 14.5. The Morgan fingerprint density at radius 3 is 2.96 bits per heavy atom. The van der Waals surface area contributed by atoms with Crippen LogP contribution in [-0.2, 0) is 17.6 Å². The van der Waals surface area contributed by atoms with E-state index in [1.54, 1.807) is 6.92 Å². The van der Waals surface area contributed by atoms with Crippen LogP contribution in [0.1, 0.15) is 23.7 Å². The first-order valence-corrected chi connectivity index (χ1v) is 8.68. The van der Waals surface area contributed by atoms with Crippen molar-refractivity contribution in [1.82, 2.24) is 20.4 Å². The summed E-state index contributed by atoms with van der Waals surface area (Å²) in [7, 11) is 0. The maximum atomic E-state index is 12.3. The average Bonchev–Trinajstić information content (AvgIpc) is 3.05. The second-order valence-corrected chi connectivity index (χ2v) is 6.20. The number of nitrogens with zero attached hydrogens (tertiary/aromatic N) is 3. The molecule has 1 aliphatic heterocycles. The summed E-state index contributed by atoms with van der Waals surface area (Å²) in [6.07, 6.45) is 2.30. The van der Waals surface area contributed by atoms with Gasteiger partial charge in [0.1, 0.15) is 0 Å². The third-order valence-electron chi connectivity index (χ3n) is 4.15. The van der Waals surface area contributed by atoms with E-state index in [9.17, 15) is 4.79 Å². The number of urea groups is 1. The highest BCUT2D eigenvalue weighted by molar-refractivity contribution is 5.74. The summed E-state index contributed by atoms with van der Waals surface area (Å²) in [6.45, 7) is 4.19. The molecule has 0 radical (unpaired) electrons. The normalized spacial score (nSPS) is 17.5. The van der Waals surface area contributed by atoms with E-state index in [1.165, 1.54) is 5.56 Å². The van der Waals surface area contributed by atoms with Crippen molar-refractivity contribution in [2.75, 3.05) is 26.2 Å². The van der Waals surface area contributed by atoms with Crippen molar-refractivity contribution in [2.45, 2.75) is 32.3 Å². The van der Waals surface area contributed by atoms with E-state index in [4.69, 9.17) is 9.26 Å². The van der Waals surface area contributed by atoms with Crippen molar-refractivity contribution in [3.63, 3.8) is 0 Å². The molecule has 1 fully saturated rings. The largest absolute Gasteiger partial charge is 0.374 e.